The number of aromatic nitrogens is 2. The molecule has 0 amide bonds. The third kappa shape index (κ3) is 4.69. The second-order valence-electron chi connectivity index (χ2n) is 11.7. The normalized spacial score (nSPS) is 32.0. The first kappa shape index (κ1) is 24.6. The number of nitrogens with zero attached hydrogens (tertiary/aromatic N) is 4. The quantitative estimate of drug-likeness (QED) is 0.430. The second-order valence-corrected chi connectivity index (χ2v) is 11.7. The Morgan fingerprint density at radius 3 is 2.35 bits per heavy atom. The molecule has 0 spiro atoms. The van der Waals surface area contributed by atoms with Gasteiger partial charge in [-0.1, -0.05) is 36.6 Å². The molecule has 2 saturated carbocycles. The maximum atomic E-state index is 14.0. The monoisotopic (exact) mass is 506 g/mol. The van der Waals surface area contributed by atoms with Crippen LogP contribution in [-0.2, 0) is 9.63 Å². The van der Waals surface area contributed by atoms with Crippen LogP contribution in [0.4, 0.5) is 0 Å². The van der Waals surface area contributed by atoms with Gasteiger partial charge in [-0.3, -0.25) is 14.5 Å². The number of hydrogen-bond acceptors (Lipinski definition) is 6. The summed E-state index contributed by atoms with van der Waals surface area (Å²) in [5.74, 6) is 0.877. The highest BCUT2D eigenvalue weighted by molar-refractivity contribution is 6.00. The Morgan fingerprint density at radius 1 is 0.973 bits per heavy atom. The maximum absolute atomic E-state index is 14.0. The van der Waals surface area contributed by atoms with Gasteiger partial charge < -0.3 is 14.5 Å². The van der Waals surface area contributed by atoms with Crippen molar-refractivity contribution in [2.24, 2.45) is 17.0 Å². The molecule has 0 radical (unpaired) electrons. The van der Waals surface area contributed by atoms with Crippen LogP contribution in [0.15, 0.2) is 34.2 Å². The Morgan fingerprint density at radius 2 is 1.68 bits per heavy atom. The number of benzene rings is 1. The molecule has 2 aliphatic heterocycles. The summed E-state index contributed by atoms with van der Waals surface area (Å²) in [5.41, 5.74) is 1.88. The molecule has 4 unspecified atom stereocenters. The predicted molar refractivity (Wildman–Crippen MR) is 142 cm³/mol. The molecule has 37 heavy (non-hydrogen) atoms. The lowest BCUT2D eigenvalue weighted by Crippen LogP contribution is -2.52. The van der Waals surface area contributed by atoms with Gasteiger partial charge in [0.2, 0.25) is 0 Å². The largest absolute Gasteiger partial charge is 0.481 e. The zero-order valence-corrected chi connectivity index (χ0v) is 21.7. The van der Waals surface area contributed by atoms with Crippen LogP contribution in [0.1, 0.15) is 88.8 Å². The van der Waals surface area contributed by atoms with Gasteiger partial charge in [0.25, 0.3) is 5.56 Å². The first-order chi connectivity index (χ1) is 18.0. The highest BCUT2D eigenvalue weighted by Crippen LogP contribution is 2.48. The van der Waals surface area contributed by atoms with Crippen LogP contribution >= 0.6 is 0 Å². The fourth-order valence-corrected chi connectivity index (χ4v) is 8.18. The fourth-order valence-electron chi connectivity index (χ4n) is 8.18. The summed E-state index contributed by atoms with van der Waals surface area (Å²) < 4.78 is 1.95. The molecule has 8 nitrogen and oxygen atoms in total. The number of aliphatic carboxylic acids is 1. The van der Waals surface area contributed by atoms with Crippen molar-refractivity contribution in [3.05, 3.63) is 40.3 Å². The molecule has 1 aromatic carbocycles. The summed E-state index contributed by atoms with van der Waals surface area (Å²) in [7, 11) is 1.41. The van der Waals surface area contributed by atoms with E-state index in [1.807, 2.05) is 28.8 Å². The average Bonchev–Trinajstić information content (AvgIpc) is 3.15. The molecular formula is C29H38N4O4. The summed E-state index contributed by atoms with van der Waals surface area (Å²) in [6.45, 7) is 0. The lowest BCUT2D eigenvalue weighted by molar-refractivity contribution is -0.136. The van der Waals surface area contributed by atoms with Gasteiger partial charge in [-0.25, -0.2) is 4.98 Å². The summed E-state index contributed by atoms with van der Waals surface area (Å²) >= 11 is 0. The zero-order valence-electron chi connectivity index (χ0n) is 21.7. The molecule has 2 saturated heterocycles. The minimum Gasteiger partial charge on any atom is -0.481 e. The number of carboxylic acid groups (broad SMARTS) is 1. The number of carbonyl (C=O) groups is 1. The molecule has 2 aromatic rings. The van der Waals surface area contributed by atoms with Gasteiger partial charge in [-0.15, -0.1) is 0 Å². The van der Waals surface area contributed by atoms with Crippen molar-refractivity contribution in [3.8, 4) is 0 Å². The number of oxime groups is 1. The predicted octanol–water partition coefficient (Wildman–Crippen LogP) is 4.75. The van der Waals surface area contributed by atoms with Crippen LogP contribution in [0.3, 0.4) is 0 Å². The molecule has 4 aliphatic rings. The van der Waals surface area contributed by atoms with E-state index in [1.165, 1.54) is 58.5 Å². The van der Waals surface area contributed by atoms with Gasteiger partial charge in [0, 0.05) is 30.6 Å². The average molecular weight is 507 g/mol. The van der Waals surface area contributed by atoms with Crippen molar-refractivity contribution in [1.29, 1.82) is 0 Å². The van der Waals surface area contributed by atoms with E-state index in [2.05, 4.69) is 15.0 Å². The van der Waals surface area contributed by atoms with E-state index in [9.17, 15) is 14.7 Å². The first-order valence-electron chi connectivity index (χ1n) is 14.1. The van der Waals surface area contributed by atoms with Gasteiger partial charge in [-0.2, -0.15) is 0 Å². The minimum atomic E-state index is -0.944. The van der Waals surface area contributed by atoms with Crippen LogP contribution < -0.4 is 5.56 Å². The van der Waals surface area contributed by atoms with Gasteiger partial charge in [0.15, 0.2) is 5.69 Å². The van der Waals surface area contributed by atoms with Crippen LogP contribution in [0.5, 0.6) is 0 Å². The molecule has 4 bridgehead atoms. The molecule has 6 rings (SSSR count). The Bertz CT molecular complexity index is 1230. The van der Waals surface area contributed by atoms with Crippen LogP contribution in [-0.4, -0.2) is 56.5 Å². The van der Waals surface area contributed by atoms with Gasteiger partial charge in [-0.05, 0) is 68.9 Å². The molecule has 3 heterocycles. The molecule has 1 aromatic heterocycles. The van der Waals surface area contributed by atoms with E-state index in [1.54, 1.807) is 0 Å². The molecule has 4 fully saturated rings. The minimum absolute atomic E-state index is 0.0947. The van der Waals surface area contributed by atoms with E-state index >= 15 is 0 Å². The second kappa shape index (κ2) is 10.2. The van der Waals surface area contributed by atoms with Crippen molar-refractivity contribution in [2.75, 3.05) is 7.11 Å². The molecular weight excluding hydrogens is 468 g/mol. The number of piperidine rings is 1. The topological polar surface area (TPSA) is 97.0 Å². The van der Waals surface area contributed by atoms with E-state index < -0.39 is 5.97 Å². The van der Waals surface area contributed by atoms with Crippen molar-refractivity contribution in [1.82, 2.24) is 14.5 Å². The number of para-hydroxylation sites is 2. The highest BCUT2D eigenvalue weighted by atomic mass is 16.6. The summed E-state index contributed by atoms with van der Waals surface area (Å²) in [4.78, 5) is 37.8. The van der Waals surface area contributed by atoms with E-state index in [0.717, 1.165) is 35.7 Å². The van der Waals surface area contributed by atoms with Crippen LogP contribution in [0.25, 0.3) is 11.0 Å². The first-order valence-corrected chi connectivity index (χ1v) is 14.1. The fraction of sp³-hybridized carbons (Fsp3) is 0.655. The van der Waals surface area contributed by atoms with Gasteiger partial charge in [0.1, 0.15) is 12.8 Å². The number of fused-ring (bicyclic) bond motifs is 5. The van der Waals surface area contributed by atoms with E-state index in [4.69, 9.17) is 4.84 Å². The van der Waals surface area contributed by atoms with E-state index in [-0.39, 0.29) is 30.1 Å². The molecule has 5 atom stereocenters. The molecule has 2 aliphatic carbocycles. The van der Waals surface area contributed by atoms with Crippen molar-refractivity contribution in [2.45, 2.75) is 101 Å². The van der Waals surface area contributed by atoms with Crippen LogP contribution in [0, 0.1) is 11.8 Å². The van der Waals surface area contributed by atoms with Crippen molar-refractivity contribution in [3.63, 3.8) is 0 Å². The Balaban J connectivity index is 1.33. The Hall–Kier alpha value is -2.74. The van der Waals surface area contributed by atoms with Crippen molar-refractivity contribution < 1.29 is 14.7 Å². The lowest BCUT2D eigenvalue weighted by Gasteiger charge is -2.49. The Kier molecular flexibility index (Phi) is 6.78. The molecule has 1 N–H and O–H groups in total. The smallest absolute Gasteiger partial charge is 0.303 e. The Labute approximate surface area is 217 Å². The maximum Gasteiger partial charge on any atom is 0.303 e. The number of rotatable bonds is 7. The van der Waals surface area contributed by atoms with Crippen LogP contribution in [0.2, 0.25) is 0 Å². The van der Waals surface area contributed by atoms with Gasteiger partial charge in [0.05, 0.1) is 17.5 Å². The van der Waals surface area contributed by atoms with E-state index in [0.29, 0.717) is 23.8 Å². The third-order valence-electron chi connectivity index (χ3n) is 9.50. The SMILES string of the molecule is CON=C(CCC(=O)O)c1nc2ccccc2n(C2CC3CC[C@H](C2)N3C2CC3CCCC(C3)C2)c1=O. The van der Waals surface area contributed by atoms with Crippen molar-refractivity contribution >= 4 is 22.7 Å². The third-order valence-corrected chi connectivity index (χ3v) is 9.50. The summed E-state index contributed by atoms with van der Waals surface area (Å²) in [6, 6.07) is 9.63. The summed E-state index contributed by atoms with van der Waals surface area (Å²) in [6.07, 6.45) is 12.7. The standard InChI is InChI=1S/C29H38N4O4/c1-37-31-25(11-12-27(34)35)28-29(36)33(26-8-3-2-7-24(26)30-28)23-16-20-9-10-21(17-23)32(20)22-14-18-5-4-6-19(13-18)15-22/h2-3,7-8,18-23H,4-6,9-17H2,1H3,(H,34,35)/t18?,19?,20-,21?,22?,23?/m1/s1. The zero-order chi connectivity index (χ0) is 25.5. The summed E-state index contributed by atoms with van der Waals surface area (Å²) in [5, 5.41) is 13.3. The van der Waals surface area contributed by atoms with Gasteiger partial charge >= 0.3 is 5.97 Å². The lowest BCUT2D eigenvalue weighted by atomic mass is 9.69. The molecule has 198 valence electrons. The highest BCUT2D eigenvalue weighted by Gasteiger charge is 2.47. The number of hydrogen-bond donors (Lipinski definition) is 1. The molecule has 8 heteroatoms. The number of carboxylic acids is 1.